The topological polar surface area (TPSA) is 60.2 Å². The summed E-state index contributed by atoms with van der Waals surface area (Å²) < 4.78 is 13.2. The molecule has 0 saturated carbocycles. The minimum absolute atomic E-state index is 0.0644. The second-order valence-corrected chi connectivity index (χ2v) is 2.97. The molecule has 4 heteroatoms. The van der Waals surface area contributed by atoms with E-state index in [2.05, 4.69) is 0 Å². The fourth-order valence-corrected chi connectivity index (χ4v) is 1.05. The van der Waals surface area contributed by atoms with Crippen LogP contribution >= 0.6 is 0 Å². The maximum Gasteiger partial charge on any atom is 0.221 e. The monoisotopic (exact) mass is 207 g/mol. The van der Waals surface area contributed by atoms with Crippen molar-refractivity contribution in [1.29, 1.82) is 0 Å². The maximum absolute atomic E-state index is 13.2. The predicted octanol–water partition coefficient (Wildman–Crippen LogP) is 1.53. The third-order valence-electron chi connectivity index (χ3n) is 1.78. The average Bonchev–Trinajstić information content (AvgIpc) is 2.20. The largest absolute Gasteiger partial charge is 0.369 e. The molecule has 2 N–H and O–H groups in total. The minimum Gasteiger partial charge on any atom is -0.369 e. The van der Waals surface area contributed by atoms with Crippen LogP contribution in [-0.2, 0) is 4.79 Å². The normalized spacial score (nSPS) is 10.5. The molecule has 1 amide bonds. The van der Waals surface area contributed by atoms with Gasteiger partial charge in [-0.3, -0.25) is 9.59 Å². The summed E-state index contributed by atoms with van der Waals surface area (Å²) in [7, 11) is 0. The molecule has 0 saturated heterocycles. The summed E-state index contributed by atoms with van der Waals surface area (Å²) in [5.41, 5.74) is 5.51. The Morgan fingerprint density at radius 3 is 2.73 bits per heavy atom. The van der Waals surface area contributed by atoms with Crippen LogP contribution in [0.5, 0.6) is 0 Å². The lowest BCUT2D eigenvalue weighted by Crippen LogP contribution is -2.07. The fraction of sp³-hybridized carbons (Fsp3) is 0.0909. The van der Waals surface area contributed by atoms with Gasteiger partial charge in [0.25, 0.3) is 0 Å². The summed E-state index contributed by atoms with van der Waals surface area (Å²) >= 11 is 0. The van der Waals surface area contributed by atoms with Gasteiger partial charge in [-0.1, -0.05) is 24.3 Å². The van der Waals surface area contributed by atoms with E-state index < -0.39 is 11.7 Å². The molecule has 3 nitrogen and oxygen atoms in total. The highest BCUT2D eigenvalue weighted by Gasteiger charge is 1.99. The number of aldehydes is 1. The van der Waals surface area contributed by atoms with Crippen molar-refractivity contribution in [2.45, 2.75) is 6.42 Å². The summed E-state index contributed by atoms with van der Waals surface area (Å²) in [6, 6.07) is 4.10. The van der Waals surface area contributed by atoms with Crippen LogP contribution < -0.4 is 5.73 Å². The zero-order valence-corrected chi connectivity index (χ0v) is 7.94. The van der Waals surface area contributed by atoms with Gasteiger partial charge in [-0.2, -0.15) is 0 Å². The molecule has 78 valence electrons. The third-order valence-corrected chi connectivity index (χ3v) is 1.78. The first-order valence-corrected chi connectivity index (χ1v) is 4.33. The molecule has 0 aliphatic carbocycles. The van der Waals surface area contributed by atoms with Crippen molar-refractivity contribution in [3.05, 3.63) is 41.2 Å². The molecule has 0 atom stereocenters. The van der Waals surface area contributed by atoms with E-state index in [1.165, 1.54) is 24.3 Å². The number of primary amides is 1. The Kier molecular flexibility index (Phi) is 3.74. The van der Waals surface area contributed by atoms with E-state index in [0.29, 0.717) is 11.8 Å². The first kappa shape index (κ1) is 11.1. The number of benzene rings is 1. The number of hydrogen-bond acceptors (Lipinski definition) is 2. The van der Waals surface area contributed by atoms with Crippen molar-refractivity contribution in [3.63, 3.8) is 0 Å². The standard InChI is InChI=1S/C11H10FNO2/c12-10-6-8(7-14)4-5-9(10)2-1-3-11(13)15/h1-2,4-7H,3H2,(H2,13,15). The quantitative estimate of drug-likeness (QED) is 0.761. The van der Waals surface area contributed by atoms with Gasteiger partial charge < -0.3 is 5.73 Å². The first-order chi connectivity index (χ1) is 7.13. The molecule has 0 aromatic heterocycles. The van der Waals surface area contributed by atoms with E-state index in [-0.39, 0.29) is 12.0 Å². The molecule has 0 fully saturated rings. The number of nitrogens with two attached hydrogens (primary N) is 1. The van der Waals surface area contributed by atoms with Crippen LogP contribution in [0.25, 0.3) is 6.08 Å². The Hall–Kier alpha value is -1.97. The van der Waals surface area contributed by atoms with Crippen molar-refractivity contribution in [1.82, 2.24) is 0 Å². The third kappa shape index (κ3) is 3.34. The second kappa shape index (κ2) is 5.05. The van der Waals surface area contributed by atoms with E-state index in [1.807, 2.05) is 0 Å². The number of carbonyl (C=O) groups is 2. The van der Waals surface area contributed by atoms with E-state index in [9.17, 15) is 14.0 Å². The number of hydrogen-bond donors (Lipinski definition) is 1. The highest BCUT2D eigenvalue weighted by atomic mass is 19.1. The Labute approximate surface area is 86.4 Å². The second-order valence-electron chi connectivity index (χ2n) is 2.97. The van der Waals surface area contributed by atoms with Crippen molar-refractivity contribution in [2.75, 3.05) is 0 Å². The molecule has 0 aliphatic heterocycles. The molecule has 0 bridgehead atoms. The van der Waals surface area contributed by atoms with Gasteiger partial charge in [0.15, 0.2) is 0 Å². The predicted molar refractivity (Wildman–Crippen MR) is 54.6 cm³/mol. The lowest BCUT2D eigenvalue weighted by molar-refractivity contribution is -0.117. The summed E-state index contributed by atoms with van der Waals surface area (Å²) in [6.45, 7) is 0. The van der Waals surface area contributed by atoms with Gasteiger partial charge in [0.1, 0.15) is 12.1 Å². The van der Waals surface area contributed by atoms with Gasteiger partial charge in [-0.15, -0.1) is 0 Å². The summed E-state index contributed by atoms with van der Waals surface area (Å²) in [5.74, 6) is -0.975. The van der Waals surface area contributed by atoms with Gasteiger partial charge in [0.2, 0.25) is 5.91 Å². The van der Waals surface area contributed by atoms with Gasteiger partial charge in [0, 0.05) is 17.5 Å². The number of amides is 1. The van der Waals surface area contributed by atoms with Crippen LogP contribution in [0.3, 0.4) is 0 Å². The molecule has 0 aliphatic rings. The van der Waals surface area contributed by atoms with Crippen LogP contribution in [-0.4, -0.2) is 12.2 Å². The zero-order valence-electron chi connectivity index (χ0n) is 7.94. The lowest BCUT2D eigenvalue weighted by atomic mass is 10.1. The number of halogens is 1. The smallest absolute Gasteiger partial charge is 0.221 e. The van der Waals surface area contributed by atoms with E-state index in [0.717, 1.165) is 6.07 Å². The molecule has 0 heterocycles. The van der Waals surface area contributed by atoms with E-state index in [1.54, 1.807) is 0 Å². The van der Waals surface area contributed by atoms with Gasteiger partial charge in [0.05, 0.1) is 0 Å². The van der Waals surface area contributed by atoms with Crippen molar-refractivity contribution in [2.24, 2.45) is 5.73 Å². The molecule has 1 rings (SSSR count). The summed E-state index contributed by atoms with van der Waals surface area (Å²) in [4.78, 5) is 20.7. The maximum atomic E-state index is 13.2. The minimum atomic E-state index is -0.500. The lowest BCUT2D eigenvalue weighted by Gasteiger charge is -1.97. The number of rotatable bonds is 4. The molecule has 0 radical (unpaired) electrons. The summed E-state index contributed by atoms with van der Waals surface area (Å²) in [6.07, 6.45) is 3.56. The van der Waals surface area contributed by atoms with Gasteiger partial charge >= 0.3 is 0 Å². The molecule has 1 aromatic rings. The van der Waals surface area contributed by atoms with E-state index >= 15 is 0 Å². The molecule has 15 heavy (non-hydrogen) atoms. The van der Waals surface area contributed by atoms with Crippen molar-refractivity contribution >= 4 is 18.3 Å². The Bertz CT molecular complexity index is 413. The van der Waals surface area contributed by atoms with Crippen molar-refractivity contribution in [3.8, 4) is 0 Å². The first-order valence-electron chi connectivity index (χ1n) is 4.33. The molecule has 1 aromatic carbocycles. The SMILES string of the molecule is NC(=O)CC=Cc1ccc(C=O)cc1F. The molecule has 0 spiro atoms. The van der Waals surface area contributed by atoms with E-state index in [4.69, 9.17) is 5.73 Å². The number of carbonyl (C=O) groups excluding carboxylic acids is 2. The Balaban J connectivity index is 2.82. The van der Waals surface area contributed by atoms with Crippen molar-refractivity contribution < 1.29 is 14.0 Å². The van der Waals surface area contributed by atoms with Gasteiger partial charge in [-0.25, -0.2) is 4.39 Å². The Morgan fingerprint density at radius 2 is 2.20 bits per heavy atom. The van der Waals surface area contributed by atoms with Crippen LogP contribution in [0, 0.1) is 5.82 Å². The van der Waals surface area contributed by atoms with Gasteiger partial charge in [-0.05, 0) is 6.07 Å². The van der Waals surface area contributed by atoms with Crippen LogP contribution in [0.2, 0.25) is 0 Å². The molecule has 0 unspecified atom stereocenters. The highest BCUT2D eigenvalue weighted by molar-refractivity contribution is 5.77. The Morgan fingerprint density at radius 1 is 1.47 bits per heavy atom. The van der Waals surface area contributed by atoms with Crippen LogP contribution in [0.4, 0.5) is 4.39 Å². The molecular weight excluding hydrogens is 197 g/mol. The average molecular weight is 207 g/mol. The highest BCUT2D eigenvalue weighted by Crippen LogP contribution is 2.11. The zero-order chi connectivity index (χ0) is 11.3. The summed E-state index contributed by atoms with van der Waals surface area (Å²) in [5, 5.41) is 0. The van der Waals surface area contributed by atoms with Crippen LogP contribution in [0.1, 0.15) is 22.3 Å². The molecular formula is C11H10FNO2. The van der Waals surface area contributed by atoms with Crippen LogP contribution in [0.15, 0.2) is 24.3 Å². The fourth-order valence-electron chi connectivity index (χ4n) is 1.05.